The molecule has 0 N–H and O–H groups in total. The van der Waals surface area contributed by atoms with Crippen molar-refractivity contribution in [1.82, 2.24) is 0 Å². The standard InChI is InChI=1S/C19H19IO2/c1-19(2)21-17-12-7-8-13(18(17)22-19)16-11-6-4-3-5-10(11)15(20)9-14(12)16/h3,5,7-9,12-13,17-18H,4,6H2,1-2H3/t12-,13?,17?,18?/m0/s1. The second-order valence-electron chi connectivity index (χ2n) is 7.20. The Morgan fingerprint density at radius 2 is 1.86 bits per heavy atom. The molecular formula is C19H19IO2. The highest BCUT2D eigenvalue weighted by molar-refractivity contribution is 14.1. The van der Waals surface area contributed by atoms with Crippen LogP contribution in [0.5, 0.6) is 0 Å². The second-order valence-corrected chi connectivity index (χ2v) is 8.36. The first kappa shape index (κ1) is 13.8. The zero-order chi connectivity index (χ0) is 15.1. The predicted octanol–water partition coefficient (Wildman–Crippen LogP) is 4.52. The van der Waals surface area contributed by atoms with E-state index in [1.54, 1.807) is 5.56 Å². The molecule has 114 valence electrons. The van der Waals surface area contributed by atoms with Gasteiger partial charge in [0.25, 0.3) is 0 Å². The molecule has 1 saturated heterocycles. The monoisotopic (exact) mass is 406 g/mol. The van der Waals surface area contributed by atoms with Gasteiger partial charge in [0.15, 0.2) is 5.79 Å². The molecule has 2 bridgehead atoms. The van der Waals surface area contributed by atoms with Crippen LogP contribution in [0.4, 0.5) is 0 Å². The van der Waals surface area contributed by atoms with Gasteiger partial charge in [-0.25, -0.2) is 0 Å². The molecule has 0 aromatic heterocycles. The third-order valence-electron chi connectivity index (χ3n) is 5.44. The van der Waals surface area contributed by atoms with Gasteiger partial charge < -0.3 is 9.47 Å². The first-order chi connectivity index (χ1) is 10.6. The summed E-state index contributed by atoms with van der Waals surface area (Å²) in [6.45, 7) is 4.08. The molecule has 6 rings (SSSR count). The summed E-state index contributed by atoms with van der Waals surface area (Å²) < 4.78 is 13.9. The molecule has 3 heteroatoms. The van der Waals surface area contributed by atoms with Gasteiger partial charge in [-0.15, -0.1) is 0 Å². The molecule has 3 unspecified atom stereocenters. The van der Waals surface area contributed by atoms with Gasteiger partial charge in [0.1, 0.15) is 0 Å². The van der Waals surface area contributed by atoms with E-state index in [0.29, 0.717) is 11.8 Å². The largest absolute Gasteiger partial charge is 0.344 e. The lowest BCUT2D eigenvalue weighted by Crippen LogP contribution is -2.42. The van der Waals surface area contributed by atoms with E-state index in [1.165, 1.54) is 20.3 Å². The van der Waals surface area contributed by atoms with E-state index in [4.69, 9.17) is 9.47 Å². The first-order valence-corrected chi connectivity index (χ1v) is 9.19. The van der Waals surface area contributed by atoms with Crippen LogP contribution < -0.4 is 0 Å². The molecule has 5 aliphatic rings. The Morgan fingerprint density at radius 1 is 1.14 bits per heavy atom. The minimum absolute atomic E-state index is 0.172. The molecule has 4 aliphatic carbocycles. The van der Waals surface area contributed by atoms with Crippen molar-refractivity contribution in [2.24, 2.45) is 0 Å². The molecule has 0 amide bonds. The van der Waals surface area contributed by atoms with Gasteiger partial charge in [-0.2, -0.15) is 0 Å². The van der Waals surface area contributed by atoms with Crippen LogP contribution in [-0.2, 0) is 15.9 Å². The Labute approximate surface area is 144 Å². The number of hydrogen-bond donors (Lipinski definition) is 0. The molecule has 0 spiro atoms. The zero-order valence-corrected chi connectivity index (χ0v) is 15.0. The molecular weight excluding hydrogens is 387 g/mol. The number of fused-ring (bicyclic) bond motifs is 1. The molecule has 1 aliphatic heterocycles. The van der Waals surface area contributed by atoms with Crippen molar-refractivity contribution < 1.29 is 9.47 Å². The predicted molar refractivity (Wildman–Crippen MR) is 95.0 cm³/mol. The van der Waals surface area contributed by atoms with Crippen LogP contribution in [0.25, 0.3) is 6.08 Å². The maximum atomic E-state index is 6.27. The number of hydrogen-bond acceptors (Lipinski definition) is 2. The third-order valence-corrected chi connectivity index (χ3v) is 6.33. The number of benzene rings is 1. The topological polar surface area (TPSA) is 18.5 Å². The summed E-state index contributed by atoms with van der Waals surface area (Å²) in [6, 6.07) is 2.39. The Balaban J connectivity index is 1.73. The summed E-state index contributed by atoms with van der Waals surface area (Å²) in [6.07, 6.45) is 12.0. The van der Waals surface area contributed by atoms with Crippen LogP contribution >= 0.6 is 22.6 Å². The number of halogens is 1. The lowest BCUT2D eigenvalue weighted by Gasteiger charge is -2.42. The Kier molecular flexibility index (Phi) is 2.79. The molecule has 1 aromatic carbocycles. The van der Waals surface area contributed by atoms with E-state index in [-0.39, 0.29) is 12.2 Å². The van der Waals surface area contributed by atoms with Crippen molar-refractivity contribution in [1.29, 1.82) is 0 Å². The van der Waals surface area contributed by atoms with Gasteiger partial charge in [-0.3, -0.25) is 0 Å². The fourth-order valence-electron chi connectivity index (χ4n) is 4.68. The van der Waals surface area contributed by atoms with Crippen molar-refractivity contribution in [3.05, 3.63) is 50.1 Å². The average Bonchev–Trinajstić information content (AvgIpc) is 2.84. The van der Waals surface area contributed by atoms with Crippen LogP contribution in [0, 0.1) is 3.57 Å². The highest BCUT2D eigenvalue weighted by Gasteiger charge is 2.54. The van der Waals surface area contributed by atoms with Crippen LogP contribution in [-0.4, -0.2) is 18.0 Å². The Hall–Kier alpha value is -0.650. The summed E-state index contributed by atoms with van der Waals surface area (Å²) >= 11 is 2.49. The zero-order valence-electron chi connectivity index (χ0n) is 12.8. The molecule has 22 heavy (non-hydrogen) atoms. The lowest BCUT2D eigenvalue weighted by molar-refractivity contribution is -0.146. The van der Waals surface area contributed by atoms with E-state index in [1.807, 2.05) is 13.8 Å². The highest BCUT2D eigenvalue weighted by atomic mass is 127. The molecule has 1 aromatic rings. The van der Waals surface area contributed by atoms with Gasteiger partial charge in [0, 0.05) is 15.4 Å². The summed E-state index contributed by atoms with van der Waals surface area (Å²) in [4.78, 5) is 0. The molecule has 2 nitrogen and oxygen atoms in total. The summed E-state index contributed by atoms with van der Waals surface area (Å²) in [5.74, 6) is 0.230. The van der Waals surface area contributed by atoms with Gasteiger partial charge in [0.05, 0.1) is 12.2 Å². The van der Waals surface area contributed by atoms with Gasteiger partial charge in [0.2, 0.25) is 0 Å². The van der Waals surface area contributed by atoms with Crippen molar-refractivity contribution in [2.75, 3.05) is 0 Å². The van der Waals surface area contributed by atoms with Crippen LogP contribution in [0.3, 0.4) is 0 Å². The fraction of sp³-hybridized carbons (Fsp3) is 0.474. The fourth-order valence-corrected chi connectivity index (χ4v) is 5.52. The molecule has 0 radical (unpaired) electrons. The summed E-state index contributed by atoms with van der Waals surface area (Å²) in [5.41, 5.74) is 6.00. The summed E-state index contributed by atoms with van der Waals surface area (Å²) in [5, 5.41) is 0. The highest BCUT2D eigenvalue weighted by Crippen LogP contribution is 2.54. The first-order valence-electron chi connectivity index (χ1n) is 8.11. The molecule has 1 fully saturated rings. The van der Waals surface area contributed by atoms with Gasteiger partial charge in [-0.05, 0) is 77.6 Å². The minimum Gasteiger partial charge on any atom is -0.344 e. The summed E-state index contributed by atoms with van der Waals surface area (Å²) in [7, 11) is 0. The number of ether oxygens (including phenoxy) is 2. The Bertz CT molecular complexity index is 731. The lowest BCUT2D eigenvalue weighted by atomic mass is 9.65. The van der Waals surface area contributed by atoms with Crippen LogP contribution in [0.2, 0.25) is 0 Å². The normalized spacial score (nSPS) is 36.1. The maximum absolute atomic E-state index is 6.27. The van der Waals surface area contributed by atoms with Crippen LogP contribution in [0.15, 0.2) is 24.3 Å². The molecule has 0 saturated carbocycles. The van der Waals surface area contributed by atoms with E-state index in [9.17, 15) is 0 Å². The number of allylic oxidation sites excluding steroid dienone is 1. The minimum atomic E-state index is -0.465. The van der Waals surface area contributed by atoms with E-state index < -0.39 is 5.79 Å². The molecule has 4 atom stereocenters. The third kappa shape index (κ3) is 1.73. The van der Waals surface area contributed by atoms with E-state index in [2.05, 4.69) is 53.0 Å². The second kappa shape index (κ2) is 4.46. The van der Waals surface area contributed by atoms with E-state index in [0.717, 1.165) is 12.8 Å². The van der Waals surface area contributed by atoms with Crippen LogP contribution in [0.1, 0.15) is 54.4 Å². The maximum Gasteiger partial charge on any atom is 0.163 e. The molecule has 1 heterocycles. The van der Waals surface area contributed by atoms with E-state index >= 15 is 0 Å². The Morgan fingerprint density at radius 3 is 2.68 bits per heavy atom. The smallest absolute Gasteiger partial charge is 0.163 e. The average molecular weight is 406 g/mol. The van der Waals surface area contributed by atoms with Crippen molar-refractivity contribution in [3.63, 3.8) is 0 Å². The van der Waals surface area contributed by atoms with Crippen molar-refractivity contribution >= 4 is 28.7 Å². The number of rotatable bonds is 0. The quantitative estimate of drug-likeness (QED) is 0.466. The van der Waals surface area contributed by atoms with Crippen molar-refractivity contribution in [3.8, 4) is 0 Å². The SMILES string of the molecule is CC1(C)OC2C3C=C[C@@H](c4cc(I)c5c(c43)CCC=C5)C2O1. The van der Waals surface area contributed by atoms with Gasteiger partial charge >= 0.3 is 0 Å². The van der Waals surface area contributed by atoms with Crippen molar-refractivity contribution in [2.45, 2.75) is 56.5 Å². The van der Waals surface area contributed by atoms with Gasteiger partial charge in [-0.1, -0.05) is 24.3 Å².